The minimum Gasteiger partial charge on any atom is -0.491 e. The number of anilines is 1. The number of amides is 3. The first-order chi connectivity index (χ1) is 23.4. The number of hydrogen-bond donors (Lipinski definition) is 1. The average Bonchev–Trinajstić information content (AvgIpc) is 3.27. The molecule has 9 heteroatoms. The third-order valence-electron chi connectivity index (χ3n) is 11.0. The van der Waals surface area contributed by atoms with Gasteiger partial charge >= 0.3 is 6.09 Å². The summed E-state index contributed by atoms with van der Waals surface area (Å²) >= 11 is 4.03. The van der Waals surface area contributed by atoms with E-state index in [4.69, 9.17) is 9.47 Å². The Morgan fingerprint density at radius 1 is 1.00 bits per heavy atom. The first kappa shape index (κ1) is 32.7. The number of halogens is 1. The first-order valence-electron chi connectivity index (χ1n) is 17.6. The molecule has 3 aromatic carbocycles. The lowest BCUT2D eigenvalue weighted by atomic mass is 9.54. The van der Waals surface area contributed by atoms with E-state index in [1.54, 1.807) is 24.3 Å². The van der Waals surface area contributed by atoms with Crippen molar-refractivity contribution >= 4 is 39.5 Å². The predicted octanol–water partition coefficient (Wildman–Crippen LogP) is 8.12. The summed E-state index contributed by atoms with van der Waals surface area (Å²) in [6.45, 7) is 4.32. The Hall–Kier alpha value is -3.85. The van der Waals surface area contributed by atoms with Crippen LogP contribution >= 0.6 is 15.9 Å². The van der Waals surface area contributed by atoms with Gasteiger partial charge in [0.1, 0.15) is 12.4 Å². The van der Waals surface area contributed by atoms with Crippen LogP contribution < -0.4 is 10.1 Å². The maximum absolute atomic E-state index is 13.8. The molecule has 1 saturated carbocycles. The number of nitrogens with one attached hydrogen (secondary N) is 1. The van der Waals surface area contributed by atoms with Crippen molar-refractivity contribution in [3.8, 4) is 5.75 Å². The van der Waals surface area contributed by atoms with E-state index in [0.717, 1.165) is 66.4 Å². The Balaban J connectivity index is 1.19. The van der Waals surface area contributed by atoms with Crippen LogP contribution in [0.3, 0.4) is 0 Å². The summed E-state index contributed by atoms with van der Waals surface area (Å²) in [6, 6.07) is 19.2. The lowest BCUT2D eigenvalue weighted by molar-refractivity contribution is 0.0440. The molecule has 3 aromatic rings. The first-order valence-corrected chi connectivity index (χ1v) is 18.4. The van der Waals surface area contributed by atoms with Gasteiger partial charge in [0, 0.05) is 35.6 Å². The molecule has 1 saturated heterocycles. The van der Waals surface area contributed by atoms with Crippen molar-refractivity contribution in [1.29, 1.82) is 0 Å². The van der Waals surface area contributed by atoms with Crippen LogP contribution in [0.15, 0.2) is 65.1 Å². The Bertz CT molecular complexity index is 1660. The fourth-order valence-electron chi connectivity index (χ4n) is 8.70. The number of unbranched alkanes of at least 4 members (excludes halogenated alkanes) is 1. The van der Waals surface area contributed by atoms with Crippen LogP contribution in [0.25, 0.3) is 0 Å². The molecule has 252 valence electrons. The molecule has 48 heavy (non-hydrogen) atoms. The van der Waals surface area contributed by atoms with Gasteiger partial charge in [-0.05, 0) is 95.3 Å². The highest BCUT2D eigenvalue weighted by Gasteiger charge is 2.54. The van der Waals surface area contributed by atoms with Gasteiger partial charge in [-0.1, -0.05) is 68.7 Å². The fourth-order valence-corrected chi connectivity index (χ4v) is 9.41. The molecule has 2 heterocycles. The van der Waals surface area contributed by atoms with Gasteiger partial charge in [-0.15, -0.1) is 0 Å². The van der Waals surface area contributed by atoms with E-state index in [2.05, 4.69) is 34.2 Å². The van der Waals surface area contributed by atoms with E-state index >= 15 is 0 Å². The summed E-state index contributed by atoms with van der Waals surface area (Å²) in [7, 11) is 0. The number of carbonyl (C=O) groups excluding carboxylic acids is 3. The predicted molar refractivity (Wildman–Crippen MR) is 189 cm³/mol. The Morgan fingerprint density at radius 2 is 1.73 bits per heavy atom. The van der Waals surface area contributed by atoms with E-state index in [1.807, 2.05) is 35.2 Å². The number of fused-ring (bicyclic) bond motifs is 2. The lowest BCUT2D eigenvalue weighted by Gasteiger charge is -2.53. The van der Waals surface area contributed by atoms with Gasteiger partial charge in [0.2, 0.25) is 0 Å². The topological polar surface area (TPSA) is 88.2 Å². The molecule has 3 amide bonds. The SMILES string of the molecule is CCCCOc1cc2c(c(Br)c1NCCN1C(=O)c3ccccc3C1=O)C[C@H]1C3CCCC[C@@]23CCCN1C(=O)OCc1ccccc1. The van der Waals surface area contributed by atoms with Gasteiger partial charge in [0.05, 0.1) is 23.4 Å². The maximum Gasteiger partial charge on any atom is 0.410 e. The largest absolute Gasteiger partial charge is 0.491 e. The van der Waals surface area contributed by atoms with Crippen LogP contribution in [-0.4, -0.2) is 60.0 Å². The van der Waals surface area contributed by atoms with E-state index in [1.165, 1.54) is 28.9 Å². The molecule has 0 spiro atoms. The highest BCUT2D eigenvalue weighted by atomic mass is 79.9. The highest BCUT2D eigenvalue weighted by Crippen LogP contribution is 2.58. The Kier molecular flexibility index (Phi) is 9.49. The molecule has 2 bridgehead atoms. The molecule has 1 unspecified atom stereocenters. The molecule has 1 N–H and O–H groups in total. The normalized spacial score (nSPS) is 22.8. The molecule has 8 nitrogen and oxygen atoms in total. The van der Waals surface area contributed by atoms with Gasteiger partial charge < -0.3 is 19.7 Å². The third-order valence-corrected chi connectivity index (χ3v) is 11.9. The summed E-state index contributed by atoms with van der Waals surface area (Å²) in [4.78, 5) is 43.2. The molecule has 0 aromatic heterocycles. The van der Waals surface area contributed by atoms with Crippen molar-refractivity contribution in [2.45, 2.75) is 82.8 Å². The molecule has 2 fully saturated rings. The smallest absolute Gasteiger partial charge is 0.410 e. The monoisotopic (exact) mass is 713 g/mol. The van der Waals surface area contributed by atoms with Crippen molar-refractivity contribution in [2.24, 2.45) is 5.92 Å². The number of nitrogens with zero attached hydrogens (tertiary/aromatic N) is 2. The lowest BCUT2D eigenvalue weighted by Crippen LogP contribution is -2.54. The Labute approximate surface area is 291 Å². The maximum atomic E-state index is 13.8. The molecule has 2 aliphatic heterocycles. The van der Waals surface area contributed by atoms with Gasteiger partial charge in [-0.3, -0.25) is 14.5 Å². The quantitative estimate of drug-likeness (QED) is 0.169. The van der Waals surface area contributed by atoms with E-state index in [9.17, 15) is 14.4 Å². The molecule has 7 rings (SSSR count). The van der Waals surface area contributed by atoms with Crippen molar-refractivity contribution in [2.75, 3.05) is 31.6 Å². The molecule has 0 radical (unpaired) electrons. The number of hydrogen-bond acceptors (Lipinski definition) is 6. The second kappa shape index (κ2) is 13.9. The standard InChI is InChI=1S/C39H44BrN3O5/c1-2-3-22-47-33-24-31-29(34(40)35(33)41-19-21-43-36(44)27-14-7-8-15-28(27)37(43)45)23-32-30-16-9-10-17-39(30,31)18-11-20-42(32)38(46)48-25-26-12-5-4-6-13-26/h4-8,12-15,24,30,32,41H,2-3,9-11,16-23,25H2,1H3/t30?,32-,39-/m0/s1. The van der Waals surface area contributed by atoms with Crippen molar-refractivity contribution in [3.63, 3.8) is 0 Å². The van der Waals surface area contributed by atoms with Crippen molar-refractivity contribution in [1.82, 2.24) is 9.80 Å². The van der Waals surface area contributed by atoms with Crippen LogP contribution in [0.1, 0.15) is 95.7 Å². The van der Waals surface area contributed by atoms with E-state index in [-0.39, 0.29) is 42.5 Å². The zero-order valence-electron chi connectivity index (χ0n) is 27.6. The molecular formula is C39H44BrN3O5. The minimum absolute atomic E-state index is 0.0327. The summed E-state index contributed by atoms with van der Waals surface area (Å²) in [5.41, 5.74) is 5.27. The number of imide groups is 1. The Morgan fingerprint density at radius 3 is 2.48 bits per heavy atom. The van der Waals surface area contributed by atoms with Crippen LogP contribution in [0.5, 0.6) is 5.75 Å². The highest BCUT2D eigenvalue weighted by molar-refractivity contribution is 9.10. The second-order valence-corrected chi connectivity index (χ2v) is 14.4. The summed E-state index contributed by atoms with van der Waals surface area (Å²) < 4.78 is 13.4. The number of carbonyl (C=O) groups is 3. The minimum atomic E-state index is -0.257. The summed E-state index contributed by atoms with van der Waals surface area (Å²) in [5, 5.41) is 3.55. The van der Waals surface area contributed by atoms with Gasteiger partial charge in [0.15, 0.2) is 0 Å². The third kappa shape index (κ3) is 5.88. The molecule has 4 aliphatic rings. The second-order valence-electron chi connectivity index (χ2n) is 13.6. The van der Waals surface area contributed by atoms with Gasteiger partial charge in [-0.2, -0.15) is 0 Å². The molecular weight excluding hydrogens is 670 g/mol. The van der Waals surface area contributed by atoms with Gasteiger partial charge in [0.25, 0.3) is 11.8 Å². The van der Waals surface area contributed by atoms with Gasteiger partial charge in [-0.25, -0.2) is 4.79 Å². The van der Waals surface area contributed by atoms with E-state index in [0.29, 0.717) is 36.7 Å². The van der Waals surface area contributed by atoms with Crippen LogP contribution in [0, 0.1) is 5.92 Å². The van der Waals surface area contributed by atoms with Crippen LogP contribution in [0.2, 0.25) is 0 Å². The van der Waals surface area contributed by atoms with Crippen molar-refractivity contribution in [3.05, 3.63) is 93.0 Å². The van der Waals surface area contributed by atoms with Crippen molar-refractivity contribution < 1.29 is 23.9 Å². The fraction of sp³-hybridized carbons (Fsp3) is 0.462. The molecule has 3 atom stereocenters. The number of rotatable bonds is 10. The van der Waals surface area contributed by atoms with Crippen LogP contribution in [-0.2, 0) is 23.2 Å². The van der Waals surface area contributed by atoms with Crippen LogP contribution in [0.4, 0.5) is 10.5 Å². The number of likely N-dealkylation sites (tertiary alicyclic amines) is 1. The number of benzene rings is 3. The van der Waals surface area contributed by atoms with E-state index < -0.39 is 0 Å². The number of ether oxygens (including phenoxy) is 2. The molecule has 2 aliphatic carbocycles. The zero-order valence-corrected chi connectivity index (χ0v) is 29.2. The summed E-state index contributed by atoms with van der Waals surface area (Å²) in [5.74, 6) is 0.643. The zero-order chi connectivity index (χ0) is 33.3. The average molecular weight is 715 g/mol. The summed E-state index contributed by atoms with van der Waals surface area (Å²) in [6.07, 6.45) is 8.95.